The van der Waals surface area contributed by atoms with Crippen LogP contribution in [0.25, 0.3) is 0 Å². The number of carbonyl (C=O) groups excluding carboxylic acids is 1. The molecule has 0 aromatic carbocycles. The van der Waals surface area contributed by atoms with Gasteiger partial charge in [-0.2, -0.15) is 0 Å². The van der Waals surface area contributed by atoms with Crippen molar-refractivity contribution in [1.82, 2.24) is 5.16 Å². The van der Waals surface area contributed by atoms with Crippen LogP contribution in [0.4, 0.5) is 0 Å². The fraction of sp³-hybridized carbons (Fsp3) is 0.636. The third kappa shape index (κ3) is 2.81. The number of hydrogen-bond donors (Lipinski definition) is 0. The molecule has 1 atom stereocenters. The van der Waals surface area contributed by atoms with Gasteiger partial charge in [-0.05, 0) is 19.8 Å². The van der Waals surface area contributed by atoms with Crippen molar-refractivity contribution in [3.63, 3.8) is 0 Å². The van der Waals surface area contributed by atoms with E-state index in [4.69, 9.17) is 9.26 Å². The summed E-state index contributed by atoms with van der Waals surface area (Å²) in [7, 11) is 0. The van der Waals surface area contributed by atoms with Gasteiger partial charge in [0, 0.05) is 6.07 Å². The summed E-state index contributed by atoms with van der Waals surface area (Å²) < 4.78 is 10.1. The molecular formula is C11H17NO3. The Balaban J connectivity index is 2.88. The van der Waals surface area contributed by atoms with Crippen LogP contribution in [-0.4, -0.2) is 17.7 Å². The Morgan fingerprint density at radius 2 is 2.27 bits per heavy atom. The molecule has 0 aliphatic heterocycles. The summed E-state index contributed by atoms with van der Waals surface area (Å²) in [6, 6.07) is 1.78. The molecule has 15 heavy (non-hydrogen) atoms. The highest BCUT2D eigenvalue weighted by atomic mass is 16.5. The molecule has 4 heteroatoms. The Bertz CT molecular complexity index is 330. The van der Waals surface area contributed by atoms with Crippen LogP contribution in [-0.2, 0) is 9.53 Å². The number of ether oxygens (including phenoxy) is 1. The molecule has 4 nitrogen and oxygen atoms in total. The summed E-state index contributed by atoms with van der Waals surface area (Å²) >= 11 is 0. The van der Waals surface area contributed by atoms with E-state index >= 15 is 0 Å². The van der Waals surface area contributed by atoms with Crippen molar-refractivity contribution >= 4 is 5.97 Å². The monoisotopic (exact) mass is 211 g/mol. The Morgan fingerprint density at radius 3 is 2.67 bits per heavy atom. The molecular weight excluding hydrogens is 194 g/mol. The first-order valence-corrected chi connectivity index (χ1v) is 5.16. The highest BCUT2D eigenvalue weighted by Gasteiger charge is 2.29. The highest BCUT2D eigenvalue weighted by Crippen LogP contribution is 2.26. The molecule has 0 saturated carbocycles. The molecule has 1 heterocycles. The van der Waals surface area contributed by atoms with Crippen LogP contribution in [0.1, 0.15) is 38.1 Å². The first-order chi connectivity index (χ1) is 7.06. The lowest BCUT2D eigenvalue weighted by molar-refractivity contribution is -0.146. The van der Waals surface area contributed by atoms with Gasteiger partial charge < -0.3 is 9.26 Å². The third-order valence-corrected chi connectivity index (χ3v) is 2.16. The van der Waals surface area contributed by atoms with Crippen molar-refractivity contribution in [2.45, 2.75) is 33.6 Å². The molecule has 84 valence electrons. The molecule has 0 aliphatic carbocycles. The van der Waals surface area contributed by atoms with Gasteiger partial charge in [0.2, 0.25) is 0 Å². The lowest BCUT2D eigenvalue weighted by Crippen LogP contribution is -2.20. The molecule has 0 radical (unpaired) electrons. The van der Waals surface area contributed by atoms with E-state index in [9.17, 15) is 4.79 Å². The molecule has 0 aliphatic rings. The largest absolute Gasteiger partial charge is 0.465 e. The van der Waals surface area contributed by atoms with E-state index in [-0.39, 0.29) is 17.8 Å². The second-order valence-corrected chi connectivity index (χ2v) is 3.84. The van der Waals surface area contributed by atoms with Crippen LogP contribution >= 0.6 is 0 Å². The van der Waals surface area contributed by atoms with Crippen molar-refractivity contribution in [1.29, 1.82) is 0 Å². The van der Waals surface area contributed by atoms with Gasteiger partial charge in [0.25, 0.3) is 0 Å². The Hall–Kier alpha value is -1.32. The zero-order valence-corrected chi connectivity index (χ0v) is 9.61. The molecule has 0 N–H and O–H groups in total. The average molecular weight is 211 g/mol. The summed E-state index contributed by atoms with van der Waals surface area (Å²) in [6.45, 7) is 7.92. The van der Waals surface area contributed by atoms with Gasteiger partial charge in [-0.1, -0.05) is 19.0 Å². The zero-order chi connectivity index (χ0) is 11.4. The molecule has 0 amide bonds. The average Bonchev–Trinajstić information content (AvgIpc) is 2.51. The highest BCUT2D eigenvalue weighted by molar-refractivity contribution is 5.77. The van der Waals surface area contributed by atoms with Gasteiger partial charge in [-0.3, -0.25) is 4.79 Å². The van der Waals surface area contributed by atoms with Gasteiger partial charge in [-0.25, -0.2) is 0 Å². The fourth-order valence-corrected chi connectivity index (χ4v) is 1.48. The van der Waals surface area contributed by atoms with Crippen molar-refractivity contribution in [2.75, 3.05) is 6.61 Å². The smallest absolute Gasteiger partial charge is 0.317 e. The second kappa shape index (κ2) is 4.96. The molecule has 1 aromatic rings. The molecule has 1 rings (SSSR count). The minimum Gasteiger partial charge on any atom is -0.465 e. The summed E-state index contributed by atoms with van der Waals surface area (Å²) in [4.78, 5) is 11.7. The summed E-state index contributed by atoms with van der Waals surface area (Å²) in [5, 5.41) is 3.78. The SMILES string of the molecule is CCOC(=O)C(c1cc(C)no1)C(C)C. The Kier molecular flexibility index (Phi) is 3.88. The number of aromatic nitrogens is 1. The fourth-order valence-electron chi connectivity index (χ4n) is 1.48. The van der Waals surface area contributed by atoms with Gasteiger partial charge >= 0.3 is 5.97 Å². The zero-order valence-electron chi connectivity index (χ0n) is 9.61. The van der Waals surface area contributed by atoms with Gasteiger partial charge in [-0.15, -0.1) is 0 Å². The number of nitrogens with zero attached hydrogens (tertiary/aromatic N) is 1. The topological polar surface area (TPSA) is 52.3 Å². The number of aryl methyl sites for hydroxylation is 1. The van der Waals surface area contributed by atoms with Crippen molar-refractivity contribution in [3.8, 4) is 0 Å². The van der Waals surface area contributed by atoms with Crippen molar-refractivity contribution in [3.05, 3.63) is 17.5 Å². The van der Waals surface area contributed by atoms with E-state index in [0.29, 0.717) is 12.4 Å². The maximum absolute atomic E-state index is 11.7. The number of esters is 1. The Labute approximate surface area is 89.6 Å². The number of hydrogen-bond acceptors (Lipinski definition) is 4. The van der Waals surface area contributed by atoms with Gasteiger partial charge in [0.15, 0.2) is 5.76 Å². The van der Waals surface area contributed by atoms with Crippen LogP contribution < -0.4 is 0 Å². The molecule has 1 unspecified atom stereocenters. The number of carbonyl (C=O) groups is 1. The quantitative estimate of drug-likeness (QED) is 0.717. The normalized spacial score (nSPS) is 12.9. The van der Waals surface area contributed by atoms with E-state index < -0.39 is 0 Å². The molecule has 1 aromatic heterocycles. The van der Waals surface area contributed by atoms with Crippen LogP contribution in [0.15, 0.2) is 10.6 Å². The minimum atomic E-state index is -0.355. The van der Waals surface area contributed by atoms with Crippen LogP contribution in [0.5, 0.6) is 0 Å². The van der Waals surface area contributed by atoms with Crippen LogP contribution in [0.2, 0.25) is 0 Å². The molecule has 0 fully saturated rings. The predicted molar refractivity (Wildman–Crippen MR) is 55.5 cm³/mol. The number of rotatable bonds is 4. The van der Waals surface area contributed by atoms with Crippen LogP contribution in [0.3, 0.4) is 0 Å². The van der Waals surface area contributed by atoms with E-state index in [0.717, 1.165) is 5.69 Å². The lowest BCUT2D eigenvalue weighted by atomic mass is 9.93. The molecule has 0 saturated heterocycles. The standard InChI is InChI=1S/C11H17NO3/c1-5-14-11(13)10(7(2)3)9-6-8(4)12-15-9/h6-7,10H,5H2,1-4H3. The van der Waals surface area contributed by atoms with E-state index in [2.05, 4.69) is 5.16 Å². The van der Waals surface area contributed by atoms with Crippen molar-refractivity contribution < 1.29 is 14.1 Å². The summed E-state index contributed by atoms with van der Waals surface area (Å²) in [5.41, 5.74) is 0.778. The summed E-state index contributed by atoms with van der Waals surface area (Å²) in [5.74, 6) is 0.118. The summed E-state index contributed by atoms with van der Waals surface area (Å²) in [6.07, 6.45) is 0. The van der Waals surface area contributed by atoms with E-state index in [1.165, 1.54) is 0 Å². The Morgan fingerprint density at radius 1 is 1.60 bits per heavy atom. The third-order valence-electron chi connectivity index (χ3n) is 2.16. The first kappa shape index (κ1) is 11.8. The first-order valence-electron chi connectivity index (χ1n) is 5.16. The molecule has 0 spiro atoms. The predicted octanol–water partition coefficient (Wildman–Crippen LogP) is 2.29. The minimum absolute atomic E-state index is 0.136. The van der Waals surface area contributed by atoms with E-state index in [1.54, 1.807) is 13.0 Å². The maximum Gasteiger partial charge on any atom is 0.317 e. The van der Waals surface area contributed by atoms with Gasteiger partial charge in [0.1, 0.15) is 5.92 Å². The van der Waals surface area contributed by atoms with E-state index in [1.807, 2.05) is 20.8 Å². The maximum atomic E-state index is 11.7. The van der Waals surface area contributed by atoms with Crippen LogP contribution in [0, 0.1) is 12.8 Å². The van der Waals surface area contributed by atoms with Gasteiger partial charge in [0.05, 0.1) is 12.3 Å². The lowest BCUT2D eigenvalue weighted by Gasteiger charge is -2.15. The second-order valence-electron chi connectivity index (χ2n) is 3.84. The van der Waals surface area contributed by atoms with Crippen molar-refractivity contribution in [2.24, 2.45) is 5.92 Å². The molecule has 0 bridgehead atoms.